The normalized spacial score (nSPS) is 19.4. The van der Waals surface area contributed by atoms with Gasteiger partial charge in [0.25, 0.3) is 0 Å². The van der Waals surface area contributed by atoms with Gasteiger partial charge >= 0.3 is 17.9 Å². The number of ether oxygens (including phenoxy) is 15. The Kier molecular flexibility index (Phi) is 12.2. The topological polar surface area (TPSA) is 190 Å². The van der Waals surface area contributed by atoms with Gasteiger partial charge in [0, 0.05) is 83.1 Å². The Labute approximate surface area is 418 Å². The molecule has 21 heteroatoms. The van der Waals surface area contributed by atoms with Crippen LogP contribution in [-0.2, 0) is 28.6 Å². The largest absolute Gasteiger partial charge is 0.465 e. The monoisotopic (exact) mass is 1030 g/mol. The molecular weight excluding hydrogens is 973 g/mol. The molecule has 0 saturated heterocycles. The van der Waals surface area contributed by atoms with E-state index in [9.17, 15) is 14.4 Å². The highest BCUT2D eigenvalue weighted by Gasteiger charge is 2.56. The lowest BCUT2D eigenvalue weighted by Gasteiger charge is -2.28. The van der Waals surface area contributed by atoms with Crippen LogP contribution >= 0.6 is 35.3 Å². The Morgan fingerprint density at radius 1 is 0.329 bits per heavy atom. The predicted molar refractivity (Wildman–Crippen MR) is 254 cm³/mol. The molecule has 6 aliphatic heterocycles. The van der Waals surface area contributed by atoms with Crippen molar-refractivity contribution in [3.8, 4) is 69.0 Å². The number of fused-ring (bicyclic) bond motifs is 6. The molecule has 6 heterocycles. The van der Waals surface area contributed by atoms with E-state index < -0.39 is 52.6 Å². The fraction of sp³-hybridized carbons (Fsp3) is 0.551. The summed E-state index contributed by atoms with van der Waals surface area (Å²) in [7, 11) is 0. The zero-order chi connectivity index (χ0) is 50.7. The number of carbonyl (C=O) groups excluding carboxylic acids is 3. The third-order valence-electron chi connectivity index (χ3n) is 10.7. The summed E-state index contributed by atoms with van der Waals surface area (Å²) in [6, 6.07) is 0. The van der Waals surface area contributed by atoms with Crippen molar-refractivity contribution in [3.05, 3.63) is 22.6 Å². The molecule has 18 nitrogen and oxygen atoms in total. The Balaban J connectivity index is 1.43. The van der Waals surface area contributed by atoms with Gasteiger partial charge in [-0.3, -0.25) is 14.4 Å². The van der Waals surface area contributed by atoms with Crippen LogP contribution in [0.25, 0.3) is 0 Å². The van der Waals surface area contributed by atoms with Crippen molar-refractivity contribution in [2.45, 2.75) is 153 Å². The molecular formula is C49H57O18S3. The van der Waals surface area contributed by atoms with Crippen LogP contribution in [0.3, 0.4) is 0 Å². The van der Waals surface area contributed by atoms with Gasteiger partial charge in [0.15, 0.2) is 69.0 Å². The molecule has 0 amide bonds. The van der Waals surface area contributed by atoms with Gasteiger partial charge in [-0.25, -0.2) is 0 Å². The SMILES string of the molecule is CCOC(=O)CSc1c2c(c([C](c3c4c(c(SCC(=O)OCC)c5c3OC(C)(C)O5)OC(C)(C)O4)c3c4c(c(SCC(=O)OCC)c5c3OC(C)(C)O5)OC(C)(C)O4)c3c1OC(C)(C)O3)OC(C)(C)O2. The van der Waals surface area contributed by atoms with E-state index in [-0.39, 0.29) is 129 Å². The van der Waals surface area contributed by atoms with Crippen LogP contribution in [-0.4, -0.2) is 89.7 Å². The first-order valence-electron chi connectivity index (χ1n) is 22.9. The van der Waals surface area contributed by atoms with E-state index >= 15 is 0 Å². The minimum Gasteiger partial charge on any atom is -0.465 e. The van der Waals surface area contributed by atoms with E-state index in [0.717, 1.165) is 35.3 Å². The molecule has 3 aromatic rings. The van der Waals surface area contributed by atoms with Gasteiger partial charge in [0.1, 0.15) is 14.7 Å². The minimum atomic E-state index is -1.30. The Bertz CT molecular complexity index is 2280. The van der Waals surface area contributed by atoms with Gasteiger partial charge in [0.2, 0.25) is 34.7 Å². The summed E-state index contributed by atoms with van der Waals surface area (Å²) in [6.45, 7) is 26.8. The third-order valence-corrected chi connectivity index (χ3v) is 13.8. The zero-order valence-electron chi connectivity index (χ0n) is 41.8. The number of benzene rings is 3. The first kappa shape index (κ1) is 49.7. The number of hydrogen-bond acceptors (Lipinski definition) is 21. The van der Waals surface area contributed by atoms with E-state index in [1.54, 1.807) is 104 Å². The predicted octanol–water partition coefficient (Wildman–Crippen LogP) is 9.72. The highest BCUT2D eigenvalue weighted by Crippen LogP contribution is 2.71. The summed E-state index contributed by atoms with van der Waals surface area (Å²) in [4.78, 5) is 40.3. The lowest BCUT2D eigenvalue weighted by Crippen LogP contribution is -2.32. The van der Waals surface area contributed by atoms with Crippen molar-refractivity contribution in [2.75, 3.05) is 37.1 Å². The Morgan fingerprint density at radius 2 is 0.500 bits per heavy atom. The average molecular weight is 1030 g/mol. The fourth-order valence-electron chi connectivity index (χ4n) is 8.58. The van der Waals surface area contributed by atoms with Gasteiger partial charge in [-0.1, -0.05) is 0 Å². The van der Waals surface area contributed by atoms with E-state index in [0.29, 0.717) is 14.7 Å². The van der Waals surface area contributed by atoms with Crippen LogP contribution in [0.15, 0.2) is 14.7 Å². The van der Waals surface area contributed by atoms with Crippen LogP contribution in [0.2, 0.25) is 0 Å². The number of esters is 3. The lowest BCUT2D eigenvalue weighted by atomic mass is 9.81. The number of rotatable bonds is 15. The van der Waals surface area contributed by atoms with Crippen molar-refractivity contribution in [1.29, 1.82) is 0 Å². The molecule has 0 spiro atoms. The van der Waals surface area contributed by atoms with Crippen molar-refractivity contribution in [1.82, 2.24) is 0 Å². The van der Waals surface area contributed by atoms with E-state index in [2.05, 4.69) is 0 Å². The van der Waals surface area contributed by atoms with Gasteiger partial charge < -0.3 is 71.1 Å². The quantitative estimate of drug-likeness (QED) is 0.0604. The van der Waals surface area contributed by atoms with Gasteiger partial charge in [-0.05, 0) is 20.8 Å². The molecule has 9 rings (SSSR count). The van der Waals surface area contributed by atoms with Crippen molar-refractivity contribution >= 4 is 53.2 Å². The molecule has 0 aliphatic carbocycles. The molecule has 70 heavy (non-hydrogen) atoms. The van der Waals surface area contributed by atoms with Gasteiger partial charge in [-0.15, -0.1) is 35.3 Å². The Hall–Kier alpha value is -5.28. The van der Waals surface area contributed by atoms with E-state index in [1.807, 2.05) is 0 Å². The number of thioether (sulfide) groups is 3. The maximum Gasteiger partial charge on any atom is 0.316 e. The zero-order valence-corrected chi connectivity index (χ0v) is 44.3. The molecule has 1 radical (unpaired) electrons. The molecule has 6 aliphatic rings. The molecule has 0 fully saturated rings. The Morgan fingerprint density at radius 3 is 0.671 bits per heavy atom. The van der Waals surface area contributed by atoms with Gasteiger partial charge in [-0.2, -0.15) is 0 Å². The first-order valence-corrected chi connectivity index (χ1v) is 25.9. The molecule has 379 valence electrons. The second-order valence-corrected chi connectivity index (χ2v) is 22.3. The number of carbonyl (C=O) groups is 3. The van der Waals surface area contributed by atoms with Crippen LogP contribution in [0.1, 0.15) is 121 Å². The second-order valence-electron chi connectivity index (χ2n) is 19.3. The van der Waals surface area contributed by atoms with Crippen LogP contribution in [0, 0.1) is 5.92 Å². The standard InChI is InChI=1S/C49H57O18S3/c1-16-53-22(50)19-68-41-35-29(56-44(4,5)62-35)26(30-36(41)63-45(6,7)57-30)25(27-31-37(64-46(8,9)58-31)42(69-20-23(51)54-17-2)38-32(27)59-47(10,11)65-38)28-33-39(66-48(12,13)60-33)43(70-21-24(52)55-18-3)40-34(28)61-49(14,15)67-40/h16-21H2,1-15H3. The van der Waals surface area contributed by atoms with E-state index in [4.69, 9.17) is 71.1 Å². The molecule has 0 atom stereocenters. The van der Waals surface area contributed by atoms with Crippen molar-refractivity contribution in [3.63, 3.8) is 0 Å². The summed E-state index contributed by atoms with van der Waals surface area (Å²) in [6.07, 6.45) is 0. The maximum atomic E-state index is 13.0. The smallest absolute Gasteiger partial charge is 0.316 e. The summed E-state index contributed by atoms with van der Waals surface area (Å²) in [5.41, 5.74) is 0.785. The number of hydrogen-bond donors (Lipinski definition) is 0. The molecule has 0 saturated carbocycles. The molecule has 0 N–H and O–H groups in total. The summed E-state index contributed by atoms with van der Waals surface area (Å²) in [5, 5.41) is 0. The second kappa shape index (κ2) is 17.2. The minimum absolute atomic E-state index is 0.102. The van der Waals surface area contributed by atoms with Crippen LogP contribution in [0.4, 0.5) is 0 Å². The molecule has 0 bridgehead atoms. The fourth-order valence-corrected chi connectivity index (χ4v) is 11.2. The van der Waals surface area contributed by atoms with Crippen LogP contribution < -0.4 is 56.8 Å². The maximum absolute atomic E-state index is 13.0. The van der Waals surface area contributed by atoms with Crippen molar-refractivity contribution in [2.24, 2.45) is 0 Å². The molecule has 0 unspecified atom stereocenters. The summed E-state index contributed by atoms with van der Waals surface area (Å²) < 4.78 is 97.6. The summed E-state index contributed by atoms with van der Waals surface area (Å²) in [5.74, 6) is -6.67. The molecule has 3 aromatic carbocycles. The highest BCUT2D eigenvalue weighted by atomic mass is 32.2. The van der Waals surface area contributed by atoms with Gasteiger partial charge in [0.05, 0.1) is 59.7 Å². The lowest BCUT2D eigenvalue weighted by molar-refractivity contribution is -0.140. The van der Waals surface area contributed by atoms with E-state index in [1.165, 1.54) is 0 Å². The molecule has 0 aromatic heterocycles. The highest BCUT2D eigenvalue weighted by molar-refractivity contribution is 8.00. The first-order chi connectivity index (χ1) is 32.7. The average Bonchev–Trinajstić information content (AvgIpc) is 4.05. The van der Waals surface area contributed by atoms with Crippen LogP contribution in [0.5, 0.6) is 69.0 Å². The van der Waals surface area contributed by atoms with Crippen molar-refractivity contribution < 1.29 is 85.4 Å². The summed E-state index contributed by atoms with van der Waals surface area (Å²) >= 11 is 3.43. The third kappa shape index (κ3) is 9.02.